The molecular weight excluding hydrogens is 222 g/mol. The van der Waals surface area contributed by atoms with Crippen LogP contribution in [0.4, 0.5) is 0 Å². The smallest absolute Gasteiger partial charge is 0.286 e. The maximum atomic E-state index is 11.6. The van der Waals surface area contributed by atoms with Crippen LogP contribution in [0.1, 0.15) is 20.8 Å². The number of hydrogen-bond donors (Lipinski definition) is 2. The topological polar surface area (TPSA) is 76.3 Å². The summed E-state index contributed by atoms with van der Waals surface area (Å²) < 4.78 is 6.41. The first-order valence-electron chi connectivity index (χ1n) is 4.92. The van der Waals surface area contributed by atoms with Crippen molar-refractivity contribution in [3.63, 3.8) is 0 Å². The summed E-state index contributed by atoms with van der Waals surface area (Å²) in [4.78, 5) is 23.1. The maximum Gasteiger partial charge on any atom is 0.286 e. The molecule has 2 N–H and O–H groups in total. The molecule has 2 heterocycles. The van der Waals surface area contributed by atoms with Gasteiger partial charge in [0.25, 0.3) is 11.8 Å². The van der Waals surface area contributed by atoms with Crippen molar-refractivity contribution in [1.29, 1.82) is 0 Å². The summed E-state index contributed by atoms with van der Waals surface area (Å²) in [7, 11) is 1.74. The third-order valence-electron chi connectivity index (χ3n) is 2.25. The number of carbonyl (C=O) groups excluding carboxylic acids is 2. The molecule has 0 aromatic carbocycles. The fourth-order valence-corrected chi connectivity index (χ4v) is 1.34. The van der Waals surface area contributed by atoms with Crippen molar-refractivity contribution >= 4 is 11.8 Å². The molecule has 0 fully saturated rings. The number of amides is 2. The minimum absolute atomic E-state index is 0.345. The molecule has 6 nitrogen and oxygen atoms in total. The number of hydrogen-bond acceptors (Lipinski definition) is 3. The summed E-state index contributed by atoms with van der Waals surface area (Å²) in [5.41, 5.74) is 5.40. The third kappa shape index (κ3) is 2.36. The Morgan fingerprint density at radius 3 is 2.59 bits per heavy atom. The Kier molecular flexibility index (Phi) is 2.95. The number of nitrogens with zero attached hydrogens (tertiary/aromatic N) is 1. The van der Waals surface area contributed by atoms with Crippen LogP contribution in [0.3, 0.4) is 0 Å². The summed E-state index contributed by atoms with van der Waals surface area (Å²) in [6, 6.07) is 4.90. The second kappa shape index (κ2) is 4.56. The van der Waals surface area contributed by atoms with Crippen molar-refractivity contribution in [1.82, 2.24) is 15.4 Å². The summed E-state index contributed by atoms with van der Waals surface area (Å²) >= 11 is 0. The van der Waals surface area contributed by atoms with E-state index in [-0.39, 0.29) is 5.91 Å². The standard InChI is InChI=1S/C11H11N3O3/c1-14-5-2-3-9(14)11(16)13-12-10(15)8-4-6-17-7-8/h2-7H,1H3,(H,12,15)(H,13,16). The molecule has 0 atom stereocenters. The lowest BCUT2D eigenvalue weighted by Crippen LogP contribution is -2.42. The van der Waals surface area contributed by atoms with Crippen LogP contribution in [0.2, 0.25) is 0 Å². The first-order valence-corrected chi connectivity index (χ1v) is 4.92. The molecule has 6 heteroatoms. The zero-order valence-corrected chi connectivity index (χ0v) is 9.14. The Balaban J connectivity index is 1.93. The fourth-order valence-electron chi connectivity index (χ4n) is 1.34. The Labute approximate surface area is 97.2 Å². The third-order valence-corrected chi connectivity index (χ3v) is 2.25. The number of aryl methyl sites for hydroxylation is 1. The lowest BCUT2D eigenvalue weighted by molar-refractivity contribution is 0.0841. The molecule has 2 aromatic heterocycles. The van der Waals surface area contributed by atoms with Gasteiger partial charge in [-0.15, -0.1) is 0 Å². The molecule has 17 heavy (non-hydrogen) atoms. The van der Waals surface area contributed by atoms with E-state index in [1.807, 2.05) is 0 Å². The average molecular weight is 233 g/mol. The Morgan fingerprint density at radius 1 is 1.24 bits per heavy atom. The Morgan fingerprint density at radius 2 is 2.00 bits per heavy atom. The number of carbonyl (C=O) groups is 2. The quantitative estimate of drug-likeness (QED) is 0.749. The largest absolute Gasteiger partial charge is 0.472 e. The van der Waals surface area contributed by atoms with Gasteiger partial charge in [0.1, 0.15) is 12.0 Å². The van der Waals surface area contributed by atoms with E-state index in [0.717, 1.165) is 0 Å². The molecule has 0 aliphatic carbocycles. The lowest BCUT2D eigenvalue weighted by atomic mass is 10.3. The molecule has 0 spiro atoms. The molecule has 2 rings (SSSR count). The van der Waals surface area contributed by atoms with Crippen molar-refractivity contribution in [2.24, 2.45) is 7.05 Å². The van der Waals surface area contributed by atoms with E-state index in [2.05, 4.69) is 10.9 Å². The van der Waals surface area contributed by atoms with E-state index in [1.54, 1.807) is 29.9 Å². The van der Waals surface area contributed by atoms with Gasteiger partial charge in [0, 0.05) is 13.2 Å². The number of furan rings is 1. The average Bonchev–Trinajstić information content (AvgIpc) is 2.95. The van der Waals surface area contributed by atoms with Crippen molar-refractivity contribution < 1.29 is 14.0 Å². The molecule has 0 unspecified atom stereocenters. The molecule has 2 amide bonds. The van der Waals surface area contributed by atoms with Gasteiger partial charge in [0.05, 0.1) is 11.8 Å². The zero-order chi connectivity index (χ0) is 12.3. The highest BCUT2D eigenvalue weighted by atomic mass is 16.3. The molecule has 2 aromatic rings. The van der Waals surface area contributed by atoms with Gasteiger partial charge in [-0.1, -0.05) is 0 Å². The molecule has 88 valence electrons. The number of aromatic nitrogens is 1. The lowest BCUT2D eigenvalue weighted by Gasteiger charge is -2.06. The Hall–Kier alpha value is -2.50. The number of hydrazine groups is 1. The van der Waals surface area contributed by atoms with Crippen molar-refractivity contribution in [3.05, 3.63) is 48.2 Å². The molecule has 0 radical (unpaired) electrons. The predicted molar refractivity (Wildman–Crippen MR) is 59.1 cm³/mol. The van der Waals surface area contributed by atoms with Gasteiger partial charge in [0.2, 0.25) is 0 Å². The van der Waals surface area contributed by atoms with Crippen LogP contribution < -0.4 is 10.9 Å². The second-order valence-electron chi connectivity index (χ2n) is 3.42. The van der Waals surface area contributed by atoms with Crippen LogP contribution in [0.25, 0.3) is 0 Å². The molecule has 0 aliphatic heterocycles. The number of nitrogens with one attached hydrogen (secondary N) is 2. The van der Waals surface area contributed by atoms with Crippen LogP contribution in [-0.4, -0.2) is 16.4 Å². The van der Waals surface area contributed by atoms with Crippen molar-refractivity contribution in [2.75, 3.05) is 0 Å². The van der Waals surface area contributed by atoms with E-state index in [0.29, 0.717) is 11.3 Å². The van der Waals surface area contributed by atoms with Crippen LogP contribution >= 0.6 is 0 Å². The van der Waals surface area contributed by atoms with E-state index in [1.165, 1.54) is 18.6 Å². The first-order chi connectivity index (χ1) is 8.18. The predicted octanol–water partition coefficient (Wildman–Crippen LogP) is 0.693. The molecule has 0 aliphatic rings. The Bertz CT molecular complexity index is 528. The highest BCUT2D eigenvalue weighted by Crippen LogP contribution is 2.00. The van der Waals surface area contributed by atoms with Gasteiger partial charge in [-0.25, -0.2) is 0 Å². The monoisotopic (exact) mass is 233 g/mol. The molecule has 0 saturated carbocycles. The fraction of sp³-hybridized carbons (Fsp3) is 0.0909. The van der Waals surface area contributed by atoms with Gasteiger partial charge in [-0.05, 0) is 18.2 Å². The van der Waals surface area contributed by atoms with E-state index in [9.17, 15) is 9.59 Å². The van der Waals surface area contributed by atoms with Gasteiger partial charge in [-0.3, -0.25) is 20.4 Å². The summed E-state index contributed by atoms with van der Waals surface area (Å²) in [5, 5.41) is 0. The van der Waals surface area contributed by atoms with Crippen molar-refractivity contribution in [2.45, 2.75) is 0 Å². The minimum atomic E-state index is -0.429. The normalized spacial score (nSPS) is 9.94. The van der Waals surface area contributed by atoms with E-state index >= 15 is 0 Å². The minimum Gasteiger partial charge on any atom is -0.472 e. The summed E-state index contributed by atoms with van der Waals surface area (Å²) in [5.74, 6) is -0.810. The second-order valence-corrected chi connectivity index (χ2v) is 3.42. The van der Waals surface area contributed by atoms with Crippen molar-refractivity contribution in [3.8, 4) is 0 Å². The SMILES string of the molecule is Cn1cccc1C(=O)NNC(=O)c1ccoc1. The number of rotatable bonds is 2. The van der Waals surface area contributed by atoms with E-state index in [4.69, 9.17) is 4.42 Å². The van der Waals surface area contributed by atoms with Crippen LogP contribution in [0, 0.1) is 0 Å². The van der Waals surface area contributed by atoms with Gasteiger partial charge in [-0.2, -0.15) is 0 Å². The van der Waals surface area contributed by atoms with Gasteiger partial charge >= 0.3 is 0 Å². The van der Waals surface area contributed by atoms with Crippen LogP contribution in [0.5, 0.6) is 0 Å². The highest BCUT2D eigenvalue weighted by molar-refractivity contribution is 5.98. The van der Waals surface area contributed by atoms with Gasteiger partial charge < -0.3 is 8.98 Å². The molecule has 0 saturated heterocycles. The summed E-state index contributed by atoms with van der Waals surface area (Å²) in [6.07, 6.45) is 4.42. The summed E-state index contributed by atoms with van der Waals surface area (Å²) in [6.45, 7) is 0. The highest BCUT2D eigenvalue weighted by Gasteiger charge is 2.11. The first kappa shape index (κ1) is 11.0. The molecular formula is C11H11N3O3. The molecule has 0 bridgehead atoms. The maximum absolute atomic E-state index is 11.6. The van der Waals surface area contributed by atoms with Gasteiger partial charge in [0.15, 0.2) is 0 Å². The zero-order valence-electron chi connectivity index (χ0n) is 9.14. The van der Waals surface area contributed by atoms with Crippen LogP contribution in [0.15, 0.2) is 41.3 Å². The van der Waals surface area contributed by atoms with Crippen LogP contribution in [-0.2, 0) is 7.05 Å². The van der Waals surface area contributed by atoms with E-state index < -0.39 is 5.91 Å².